The van der Waals surface area contributed by atoms with E-state index in [1.165, 1.54) is 5.56 Å². The zero-order valence-electron chi connectivity index (χ0n) is 21.3. The summed E-state index contributed by atoms with van der Waals surface area (Å²) in [6.07, 6.45) is 2.91. The normalized spacial score (nSPS) is 28.6. The van der Waals surface area contributed by atoms with Crippen molar-refractivity contribution < 1.29 is 14.3 Å². The molecule has 1 aromatic carbocycles. The second-order valence-electron chi connectivity index (χ2n) is 10.5. The Morgan fingerprint density at radius 2 is 2.00 bits per heavy atom. The van der Waals surface area contributed by atoms with Crippen LogP contribution in [-0.2, 0) is 9.53 Å². The van der Waals surface area contributed by atoms with Crippen LogP contribution >= 0.6 is 0 Å². The maximum Gasteiger partial charge on any atom is 0.251 e. The minimum absolute atomic E-state index is 0.0389. The van der Waals surface area contributed by atoms with Crippen LogP contribution < -0.4 is 21.0 Å². The zero-order valence-corrected chi connectivity index (χ0v) is 21.3. The number of nitrogens with zero attached hydrogens (tertiary/aromatic N) is 2. The molecular weight excluding hydrogens is 430 g/mol. The quantitative estimate of drug-likeness (QED) is 0.589. The topological polar surface area (TPSA) is 85.9 Å². The molecule has 8 heteroatoms. The largest absolute Gasteiger partial charge is 0.381 e. The Balaban J connectivity index is 1.58. The van der Waals surface area contributed by atoms with Crippen molar-refractivity contribution in [2.45, 2.75) is 58.0 Å². The first kappa shape index (κ1) is 24.9. The summed E-state index contributed by atoms with van der Waals surface area (Å²) in [6.45, 7) is 9.85. The molecule has 2 amide bonds. The molecule has 8 nitrogen and oxygen atoms in total. The molecule has 188 valence electrons. The van der Waals surface area contributed by atoms with Crippen LogP contribution in [0.1, 0.15) is 60.5 Å². The number of anilines is 1. The number of rotatable bonds is 6. The van der Waals surface area contributed by atoms with Gasteiger partial charge in [0.1, 0.15) is 0 Å². The smallest absolute Gasteiger partial charge is 0.251 e. The number of hydrogen-bond acceptors (Lipinski definition) is 6. The summed E-state index contributed by atoms with van der Waals surface area (Å²) in [5.41, 5.74) is 7.37. The van der Waals surface area contributed by atoms with E-state index < -0.39 is 0 Å². The number of carbonyl (C=O) groups is 2. The lowest BCUT2D eigenvalue weighted by Crippen LogP contribution is -2.50. The molecule has 0 spiro atoms. The van der Waals surface area contributed by atoms with Gasteiger partial charge in [-0.05, 0) is 62.3 Å². The summed E-state index contributed by atoms with van der Waals surface area (Å²) in [4.78, 5) is 28.3. The molecule has 0 bridgehead atoms. The van der Waals surface area contributed by atoms with E-state index in [4.69, 9.17) is 4.74 Å². The fraction of sp³-hybridized carbons (Fsp3) is 0.692. The summed E-state index contributed by atoms with van der Waals surface area (Å²) in [7, 11) is 4.19. The number of likely N-dealkylation sites (N-methyl/N-ethyl adjacent to an activating group) is 1. The molecule has 4 rings (SSSR count). The van der Waals surface area contributed by atoms with E-state index in [1.54, 1.807) is 0 Å². The highest BCUT2D eigenvalue weighted by Crippen LogP contribution is 2.33. The number of ether oxygens (including phenoxy) is 1. The first-order valence-corrected chi connectivity index (χ1v) is 12.7. The first-order valence-electron chi connectivity index (χ1n) is 12.7. The number of amides is 2. The molecule has 0 aliphatic carbocycles. The predicted molar refractivity (Wildman–Crippen MR) is 134 cm³/mol. The number of nitrogens with one attached hydrogen (secondary N) is 3. The van der Waals surface area contributed by atoms with E-state index >= 15 is 0 Å². The second kappa shape index (κ2) is 10.6. The Bertz CT molecular complexity index is 901. The van der Waals surface area contributed by atoms with Gasteiger partial charge in [-0.15, -0.1) is 0 Å². The Hall–Kier alpha value is -2.16. The van der Waals surface area contributed by atoms with Gasteiger partial charge in [0, 0.05) is 76.2 Å². The van der Waals surface area contributed by atoms with Gasteiger partial charge in [0.2, 0.25) is 5.91 Å². The third-order valence-electron chi connectivity index (χ3n) is 7.96. The number of carbonyl (C=O) groups excluding carboxylic acids is 2. The molecule has 3 fully saturated rings. The van der Waals surface area contributed by atoms with Crippen LogP contribution in [0, 0.1) is 18.8 Å². The van der Waals surface area contributed by atoms with Crippen molar-refractivity contribution in [2.24, 2.45) is 11.8 Å². The van der Waals surface area contributed by atoms with Gasteiger partial charge in [-0.1, -0.05) is 6.92 Å². The molecule has 4 atom stereocenters. The molecule has 0 saturated carbocycles. The fourth-order valence-corrected chi connectivity index (χ4v) is 5.76. The van der Waals surface area contributed by atoms with Crippen molar-refractivity contribution in [3.63, 3.8) is 0 Å². The Kier molecular flexibility index (Phi) is 7.80. The van der Waals surface area contributed by atoms with Crippen molar-refractivity contribution in [1.29, 1.82) is 0 Å². The van der Waals surface area contributed by atoms with Gasteiger partial charge in [0.25, 0.3) is 5.91 Å². The third kappa shape index (κ3) is 5.39. The number of hydrazine groups is 1. The molecule has 3 aliphatic heterocycles. The summed E-state index contributed by atoms with van der Waals surface area (Å²) < 4.78 is 5.57. The molecule has 3 heterocycles. The molecule has 0 radical (unpaired) electrons. The van der Waals surface area contributed by atoms with Gasteiger partial charge in [-0.25, -0.2) is 5.01 Å². The summed E-state index contributed by atoms with van der Waals surface area (Å²) in [5, 5.41) is 8.23. The standard InChI is InChI=1S/C26H41N5O3/c1-16-10-17(2)29-26(33)23(16)14-27-25(32)22-11-19(20-13-28-30(4)15-20)12-24(18(22)3)31(5)21-6-8-34-9-7-21/h11-12,16-17,20-21,23,28H,6-10,13-15H2,1-5H3,(H,27,32)(H,29,33). The van der Waals surface area contributed by atoms with Gasteiger partial charge < -0.3 is 20.3 Å². The van der Waals surface area contributed by atoms with Crippen molar-refractivity contribution in [3.8, 4) is 0 Å². The highest BCUT2D eigenvalue weighted by molar-refractivity contribution is 5.97. The SMILES string of the molecule is Cc1c(C(=O)NCC2C(=O)NC(C)CC2C)cc(C2CNN(C)C2)cc1N(C)C1CCOCC1. The number of benzene rings is 1. The van der Waals surface area contributed by atoms with E-state index in [-0.39, 0.29) is 29.7 Å². The average molecular weight is 472 g/mol. The van der Waals surface area contributed by atoms with Crippen LogP contribution in [0.4, 0.5) is 5.69 Å². The van der Waals surface area contributed by atoms with Crippen molar-refractivity contribution in [2.75, 3.05) is 51.8 Å². The monoisotopic (exact) mass is 471 g/mol. The third-order valence-corrected chi connectivity index (χ3v) is 7.96. The van der Waals surface area contributed by atoms with Crippen LogP contribution in [0.2, 0.25) is 0 Å². The molecule has 4 unspecified atom stereocenters. The van der Waals surface area contributed by atoms with E-state index in [0.717, 1.165) is 56.8 Å². The molecule has 0 aromatic heterocycles. The lowest BCUT2D eigenvalue weighted by Gasteiger charge is -2.35. The first-order chi connectivity index (χ1) is 16.2. The van der Waals surface area contributed by atoms with Gasteiger partial charge in [-0.3, -0.25) is 15.0 Å². The van der Waals surface area contributed by atoms with Crippen LogP contribution in [-0.4, -0.2) is 75.9 Å². The van der Waals surface area contributed by atoms with E-state index in [2.05, 4.69) is 52.1 Å². The minimum Gasteiger partial charge on any atom is -0.381 e. The van der Waals surface area contributed by atoms with Crippen LogP contribution in [0.25, 0.3) is 0 Å². The molecular formula is C26H41N5O3. The molecule has 3 N–H and O–H groups in total. The Labute approximate surface area is 203 Å². The summed E-state index contributed by atoms with van der Waals surface area (Å²) >= 11 is 0. The van der Waals surface area contributed by atoms with Gasteiger partial charge in [-0.2, -0.15) is 0 Å². The maximum absolute atomic E-state index is 13.5. The maximum atomic E-state index is 13.5. The fourth-order valence-electron chi connectivity index (χ4n) is 5.76. The van der Waals surface area contributed by atoms with Gasteiger partial charge in [0.05, 0.1) is 5.92 Å². The van der Waals surface area contributed by atoms with Crippen molar-refractivity contribution >= 4 is 17.5 Å². The van der Waals surface area contributed by atoms with Crippen LogP contribution in [0.5, 0.6) is 0 Å². The van der Waals surface area contributed by atoms with E-state index in [0.29, 0.717) is 24.1 Å². The molecule has 34 heavy (non-hydrogen) atoms. The molecule has 3 saturated heterocycles. The zero-order chi connectivity index (χ0) is 24.4. The lowest BCUT2D eigenvalue weighted by molar-refractivity contribution is -0.129. The molecule has 3 aliphatic rings. The van der Waals surface area contributed by atoms with Crippen LogP contribution in [0.3, 0.4) is 0 Å². The molecule has 1 aromatic rings. The number of hydrogen-bond donors (Lipinski definition) is 3. The van der Waals surface area contributed by atoms with Crippen molar-refractivity contribution in [3.05, 3.63) is 28.8 Å². The average Bonchev–Trinajstić information content (AvgIpc) is 3.24. The summed E-state index contributed by atoms with van der Waals surface area (Å²) in [5.74, 6) is 0.313. The van der Waals surface area contributed by atoms with Crippen molar-refractivity contribution in [1.82, 2.24) is 21.1 Å². The highest BCUT2D eigenvalue weighted by Gasteiger charge is 2.33. The van der Waals surface area contributed by atoms with Gasteiger partial charge in [0.15, 0.2) is 0 Å². The Morgan fingerprint density at radius 3 is 2.65 bits per heavy atom. The minimum atomic E-state index is -0.194. The Morgan fingerprint density at radius 1 is 1.26 bits per heavy atom. The van der Waals surface area contributed by atoms with Crippen LogP contribution in [0.15, 0.2) is 12.1 Å². The second-order valence-corrected chi connectivity index (χ2v) is 10.5. The predicted octanol–water partition coefficient (Wildman–Crippen LogP) is 2.03. The number of piperidine rings is 1. The van der Waals surface area contributed by atoms with E-state index in [1.807, 2.05) is 20.9 Å². The van der Waals surface area contributed by atoms with E-state index in [9.17, 15) is 9.59 Å². The highest BCUT2D eigenvalue weighted by atomic mass is 16.5. The summed E-state index contributed by atoms with van der Waals surface area (Å²) in [6, 6.07) is 4.92. The lowest BCUT2D eigenvalue weighted by atomic mass is 9.84. The van der Waals surface area contributed by atoms with Gasteiger partial charge >= 0.3 is 0 Å².